The molecule has 0 aliphatic heterocycles. The maximum atomic E-state index is 14.8. The first-order valence-corrected chi connectivity index (χ1v) is 9.75. The molecule has 0 spiro atoms. The van der Waals surface area contributed by atoms with E-state index in [4.69, 9.17) is 4.74 Å². The molecule has 3 rings (SSSR count). The Morgan fingerprint density at radius 3 is 2.47 bits per heavy atom. The highest BCUT2D eigenvalue weighted by Gasteiger charge is 2.19. The van der Waals surface area contributed by atoms with Crippen molar-refractivity contribution in [2.75, 3.05) is 0 Å². The molecule has 3 aromatic rings. The van der Waals surface area contributed by atoms with Crippen LogP contribution in [0.2, 0.25) is 0 Å². The molecule has 0 aliphatic carbocycles. The molecule has 1 heterocycles. The van der Waals surface area contributed by atoms with Crippen molar-refractivity contribution in [2.24, 2.45) is 0 Å². The van der Waals surface area contributed by atoms with Crippen molar-refractivity contribution in [3.63, 3.8) is 0 Å². The lowest BCUT2D eigenvalue weighted by atomic mass is 10.0. The Morgan fingerprint density at radius 1 is 1.10 bits per heavy atom. The van der Waals surface area contributed by atoms with Crippen molar-refractivity contribution in [1.29, 1.82) is 0 Å². The van der Waals surface area contributed by atoms with Crippen molar-refractivity contribution in [3.8, 4) is 5.75 Å². The number of para-hydroxylation sites is 1. The smallest absolute Gasteiger partial charge is 0.253 e. The number of ether oxygens (including phenoxy) is 1. The number of rotatable bonds is 6. The Morgan fingerprint density at radius 2 is 1.80 bits per heavy atom. The van der Waals surface area contributed by atoms with Gasteiger partial charge in [0.05, 0.1) is 0 Å². The molecule has 0 bridgehead atoms. The number of aromatic nitrogens is 1. The summed E-state index contributed by atoms with van der Waals surface area (Å²) in [7, 11) is 0. The van der Waals surface area contributed by atoms with Crippen LogP contribution in [-0.2, 0) is 6.54 Å². The molecule has 1 aromatic heterocycles. The molecule has 156 valence electrons. The summed E-state index contributed by atoms with van der Waals surface area (Å²) in [6, 6.07) is 13.9. The van der Waals surface area contributed by atoms with Gasteiger partial charge in [0.2, 0.25) is 0 Å². The molecular weight excluding hydrogens is 383 g/mol. The number of carbonyl (C=O) groups is 1. The average molecular weight is 408 g/mol. The van der Waals surface area contributed by atoms with Gasteiger partial charge in [-0.2, -0.15) is 0 Å². The van der Waals surface area contributed by atoms with Gasteiger partial charge < -0.3 is 15.0 Å². The van der Waals surface area contributed by atoms with Crippen molar-refractivity contribution >= 4 is 5.91 Å². The van der Waals surface area contributed by atoms with Crippen molar-refractivity contribution in [1.82, 2.24) is 10.3 Å². The second kappa shape index (κ2) is 8.95. The second-order valence-corrected chi connectivity index (χ2v) is 7.39. The van der Waals surface area contributed by atoms with Gasteiger partial charge in [0, 0.05) is 28.9 Å². The zero-order valence-corrected chi connectivity index (χ0v) is 17.5. The van der Waals surface area contributed by atoms with Crippen LogP contribution in [0.25, 0.3) is 0 Å². The molecular formula is C24H25FN2O3. The zero-order valence-electron chi connectivity index (χ0n) is 17.5. The van der Waals surface area contributed by atoms with Gasteiger partial charge in [-0.1, -0.05) is 18.2 Å². The van der Waals surface area contributed by atoms with Gasteiger partial charge in [-0.3, -0.25) is 9.59 Å². The number of benzene rings is 2. The van der Waals surface area contributed by atoms with Crippen molar-refractivity contribution < 1.29 is 13.9 Å². The molecule has 0 fully saturated rings. The van der Waals surface area contributed by atoms with E-state index in [1.54, 1.807) is 39.0 Å². The normalized spacial score (nSPS) is 11.8. The van der Waals surface area contributed by atoms with Crippen LogP contribution < -0.4 is 15.6 Å². The molecule has 0 radical (unpaired) electrons. The number of nitrogens with one attached hydrogen (secondary N) is 2. The van der Waals surface area contributed by atoms with Crippen LogP contribution >= 0.6 is 0 Å². The number of amides is 1. The van der Waals surface area contributed by atoms with Crippen molar-refractivity contribution in [2.45, 2.75) is 40.3 Å². The van der Waals surface area contributed by atoms with Crippen LogP contribution in [0.3, 0.4) is 0 Å². The van der Waals surface area contributed by atoms with Crippen molar-refractivity contribution in [3.05, 3.63) is 98.2 Å². The van der Waals surface area contributed by atoms with E-state index in [0.29, 0.717) is 22.4 Å². The number of carbonyl (C=O) groups excluding carboxylic acids is 1. The summed E-state index contributed by atoms with van der Waals surface area (Å²) in [5, 5.41) is 2.72. The summed E-state index contributed by atoms with van der Waals surface area (Å²) in [6.07, 6.45) is -0.517. The third kappa shape index (κ3) is 4.76. The number of hydrogen-bond donors (Lipinski definition) is 2. The van der Waals surface area contributed by atoms with Gasteiger partial charge in [-0.15, -0.1) is 0 Å². The van der Waals surface area contributed by atoms with E-state index in [-0.39, 0.29) is 17.7 Å². The van der Waals surface area contributed by atoms with Crippen LogP contribution in [-0.4, -0.2) is 10.9 Å². The molecule has 0 saturated carbocycles. The van der Waals surface area contributed by atoms with E-state index < -0.39 is 17.8 Å². The topological polar surface area (TPSA) is 71.2 Å². The monoisotopic (exact) mass is 408 g/mol. The Labute approximate surface area is 174 Å². The van der Waals surface area contributed by atoms with Crippen LogP contribution in [0.4, 0.5) is 4.39 Å². The number of aromatic amines is 1. The van der Waals surface area contributed by atoms with Gasteiger partial charge in [0.25, 0.3) is 11.5 Å². The maximum absolute atomic E-state index is 14.8. The highest BCUT2D eigenvalue weighted by Crippen LogP contribution is 2.26. The van der Waals surface area contributed by atoms with Gasteiger partial charge in [0.15, 0.2) is 0 Å². The lowest BCUT2D eigenvalue weighted by Crippen LogP contribution is -2.28. The number of pyridine rings is 1. The molecule has 6 heteroatoms. The lowest BCUT2D eigenvalue weighted by Gasteiger charge is -2.18. The van der Waals surface area contributed by atoms with Gasteiger partial charge in [-0.05, 0) is 69.2 Å². The fraction of sp³-hybridized carbons (Fsp3) is 0.250. The summed E-state index contributed by atoms with van der Waals surface area (Å²) in [5.74, 6) is -0.310. The molecule has 1 unspecified atom stereocenters. The standard InChI is InChI=1S/C24H25FN2O3/c1-14-10-16(3)27-24(29)21(14)13-26-23(28)19-12-22(25)20(11-15(19)2)17(4)30-18-8-6-5-7-9-18/h5-12,17H,13H2,1-4H3,(H,26,28)(H,27,29). The molecule has 2 N–H and O–H groups in total. The van der Waals surface area contributed by atoms with Gasteiger partial charge in [-0.25, -0.2) is 4.39 Å². The summed E-state index contributed by atoms with van der Waals surface area (Å²) in [6.45, 7) is 7.19. The fourth-order valence-corrected chi connectivity index (χ4v) is 3.39. The summed E-state index contributed by atoms with van der Waals surface area (Å²) in [5.41, 5.74) is 3.02. The van der Waals surface area contributed by atoms with Gasteiger partial charge >= 0.3 is 0 Å². The lowest BCUT2D eigenvalue weighted by molar-refractivity contribution is 0.0949. The molecule has 0 saturated heterocycles. The van der Waals surface area contributed by atoms with E-state index in [2.05, 4.69) is 10.3 Å². The van der Waals surface area contributed by atoms with Crippen LogP contribution in [0.15, 0.2) is 53.3 Å². The molecule has 0 aliphatic rings. The Balaban J connectivity index is 1.76. The fourth-order valence-electron chi connectivity index (χ4n) is 3.39. The van der Waals surface area contributed by atoms with E-state index in [9.17, 15) is 14.0 Å². The molecule has 1 amide bonds. The van der Waals surface area contributed by atoms with E-state index in [0.717, 1.165) is 11.3 Å². The average Bonchev–Trinajstić information content (AvgIpc) is 2.69. The third-order valence-electron chi connectivity index (χ3n) is 5.00. The summed E-state index contributed by atoms with van der Waals surface area (Å²) >= 11 is 0. The summed E-state index contributed by atoms with van der Waals surface area (Å²) < 4.78 is 20.6. The molecule has 1 atom stereocenters. The maximum Gasteiger partial charge on any atom is 0.253 e. The Bertz CT molecular complexity index is 1120. The van der Waals surface area contributed by atoms with Crippen LogP contribution in [0.1, 0.15) is 51.3 Å². The number of hydrogen-bond acceptors (Lipinski definition) is 3. The molecule has 2 aromatic carbocycles. The third-order valence-corrected chi connectivity index (χ3v) is 5.00. The minimum atomic E-state index is -0.517. The minimum Gasteiger partial charge on any atom is -0.486 e. The van der Waals surface area contributed by atoms with E-state index in [1.165, 1.54) is 6.07 Å². The number of halogens is 1. The van der Waals surface area contributed by atoms with E-state index >= 15 is 0 Å². The van der Waals surface area contributed by atoms with Crippen LogP contribution in [0, 0.1) is 26.6 Å². The van der Waals surface area contributed by atoms with E-state index in [1.807, 2.05) is 31.2 Å². The predicted octanol–water partition coefficient (Wildman–Crippen LogP) is 4.51. The SMILES string of the molecule is Cc1cc(C)c(CNC(=O)c2cc(F)c(C(C)Oc3ccccc3)cc2C)c(=O)[nH]1. The predicted molar refractivity (Wildman–Crippen MR) is 114 cm³/mol. The quantitative estimate of drug-likeness (QED) is 0.630. The summed E-state index contributed by atoms with van der Waals surface area (Å²) in [4.78, 5) is 27.5. The molecule has 5 nitrogen and oxygen atoms in total. The first kappa shape index (κ1) is 21.3. The number of H-pyrrole nitrogens is 1. The van der Waals surface area contributed by atoms with Gasteiger partial charge in [0.1, 0.15) is 17.7 Å². The zero-order chi connectivity index (χ0) is 21.8. The largest absolute Gasteiger partial charge is 0.486 e. The minimum absolute atomic E-state index is 0.0661. The number of aryl methyl sites for hydroxylation is 3. The highest BCUT2D eigenvalue weighted by atomic mass is 19.1. The van der Waals surface area contributed by atoms with Crippen LogP contribution in [0.5, 0.6) is 5.75 Å². The first-order valence-electron chi connectivity index (χ1n) is 9.75. The Hall–Kier alpha value is -3.41. The highest BCUT2D eigenvalue weighted by molar-refractivity contribution is 5.95. The molecule has 30 heavy (non-hydrogen) atoms. The second-order valence-electron chi connectivity index (χ2n) is 7.39. The Kier molecular flexibility index (Phi) is 6.35. The first-order chi connectivity index (χ1) is 14.3.